The van der Waals surface area contributed by atoms with Crippen LogP contribution in [0.4, 0.5) is 0 Å². The molecule has 0 bridgehead atoms. The van der Waals surface area contributed by atoms with Crippen LogP contribution >= 0.6 is 0 Å². The van der Waals surface area contributed by atoms with Gasteiger partial charge in [-0.25, -0.2) is 0 Å². The lowest BCUT2D eigenvalue weighted by Gasteiger charge is -2.58. The Balaban J connectivity index is 1.47. The molecule has 4 aliphatic rings. The Morgan fingerprint density at radius 1 is 1.04 bits per heavy atom. The summed E-state index contributed by atoms with van der Waals surface area (Å²) in [5.74, 6) is 4.92. The average Bonchev–Trinajstić information content (AvgIpc) is 2.97. The van der Waals surface area contributed by atoms with Crippen molar-refractivity contribution in [3.05, 3.63) is 11.6 Å². The second kappa shape index (κ2) is 7.46. The Morgan fingerprint density at radius 2 is 1.82 bits per heavy atom. The molecule has 0 saturated heterocycles. The van der Waals surface area contributed by atoms with E-state index in [1.807, 2.05) is 5.57 Å². The standard InChI is InChI=1S/C28H48/c1-20(10-9-17-26(2,3)4)23-14-15-24-22-13-12-21-11-7-8-18-27(21,5)25(22)16-19-28(23,24)6/h12,20,22-25H,7-11,13-19H2,1-6H3/t20-,22+,23-,24+,25+,27+,28-/m1/s1. The molecule has 4 aliphatic carbocycles. The van der Waals surface area contributed by atoms with Gasteiger partial charge in [-0.15, -0.1) is 0 Å². The molecule has 160 valence electrons. The molecule has 0 radical (unpaired) electrons. The second-order valence-electron chi connectivity index (χ2n) is 13.1. The van der Waals surface area contributed by atoms with Crippen molar-refractivity contribution in [2.45, 2.75) is 119 Å². The molecule has 0 heteroatoms. The number of fused-ring (bicyclic) bond motifs is 5. The first kappa shape index (κ1) is 21.0. The highest BCUT2D eigenvalue weighted by Gasteiger charge is 2.58. The molecule has 0 nitrogen and oxygen atoms in total. The molecule has 4 rings (SSSR count). The SMILES string of the molecule is C[C@H](CCCC(C)(C)C)[C@H]1CC[C@H]2[C@@H]3CC=C4CCCC[C@]4(C)[C@H]3CC[C@]12C. The molecule has 0 amide bonds. The van der Waals surface area contributed by atoms with E-state index in [-0.39, 0.29) is 0 Å². The van der Waals surface area contributed by atoms with Crippen molar-refractivity contribution in [3.63, 3.8) is 0 Å². The van der Waals surface area contributed by atoms with E-state index < -0.39 is 0 Å². The number of hydrogen-bond donors (Lipinski definition) is 0. The zero-order valence-electron chi connectivity index (χ0n) is 19.9. The van der Waals surface area contributed by atoms with Gasteiger partial charge in [0.05, 0.1) is 0 Å². The molecule has 0 N–H and O–H groups in total. The van der Waals surface area contributed by atoms with Crippen LogP contribution in [-0.4, -0.2) is 0 Å². The summed E-state index contributed by atoms with van der Waals surface area (Å²) < 4.78 is 0. The Hall–Kier alpha value is -0.260. The fourth-order valence-electron chi connectivity index (χ4n) is 8.83. The summed E-state index contributed by atoms with van der Waals surface area (Å²) >= 11 is 0. The van der Waals surface area contributed by atoms with Crippen molar-refractivity contribution in [1.82, 2.24) is 0 Å². The normalized spacial score (nSPS) is 44.3. The quantitative estimate of drug-likeness (QED) is 0.425. The van der Waals surface area contributed by atoms with Crippen molar-refractivity contribution < 1.29 is 0 Å². The third-order valence-electron chi connectivity index (χ3n) is 10.4. The van der Waals surface area contributed by atoms with E-state index in [4.69, 9.17) is 0 Å². The second-order valence-corrected chi connectivity index (χ2v) is 13.1. The lowest BCUT2D eigenvalue weighted by atomic mass is 9.47. The van der Waals surface area contributed by atoms with Crippen molar-refractivity contribution >= 4 is 0 Å². The Morgan fingerprint density at radius 3 is 2.57 bits per heavy atom. The summed E-state index contributed by atoms with van der Waals surface area (Å²) in [4.78, 5) is 0. The molecule has 3 saturated carbocycles. The van der Waals surface area contributed by atoms with Gasteiger partial charge in [0.1, 0.15) is 0 Å². The maximum absolute atomic E-state index is 2.74. The molecule has 0 aromatic rings. The van der Waals surface area contributed by atoms with Gasteiger partial charge in [-0.2, -0.15) is 0 Å². The summed E-state index contributed by atoms with van der Waals surface area (Å²) in [6, 6.07) is 0. The van der Waals surface area contributed by atoms with E-state index in [9.17, 15) is 0 Å². The molecule has 0 aliphatic heterocycles. The van der Waals surface area contributed by atoms with Gasteiger partial charge in [0.15, 0.2) is 0 Å². The van der Waals surface area contributed by atoms with E-state index in [1.54, 1.807) is 0 Å². The first-order valence-electron chi connectivity index (χ1n) is 12.8. The third kappa shape index (κ3) is 3.54. The molecule has 3 fully saturated rings. The first-order valence-corrected chi connectivity index (χ1v) is 12.8. The van der Waals surface area contributed by atoms with Crippen molar-refractivity contribution in [2.75, 3.05) is 0 Å². The van der Waals surface area contributed by atoms with Crippen LogP contribution in [0.2, 0.25) is 0 Å². The summed E-state index contributed by atoms with van der Waals surface area (Å²) in [5.41, 5.74) is 3.58. The zero-order valence-corrected chi connectivity index (χ0v) is 19.9. The van der Waals surface area contributed by atoms with Gasteiger partial charge >= 0.3 is 0 Å². The Kier molecular flexibility index (Phi) is 5.59. The highest BCUT2D eigenvalue weighted by Crippen LogP contribution is 2.67. The zero-order chi connectivity index (χ0) is 20.2. The van der Waals surface area contributed by atoms with Crippen LogP contribution in [0.5, 0.6) is 0 Å². The first-order chi connectivity index (χ1) is 13.2. The lowest BCUT2D eigenvalue weighted by Crippen LogP contribution is -2.50. The largest absolute Gasteiger partial charge is 0.0845 e. The fraction of sp³-hybridized carbons (Fsp3) is 0.929. The van der Waals surface area contributed by atoms with Crippen molar-refractivity contribution in [1.29, 1.82) is 0 Å². The molecule has 0 heterocycles. The fourth-order valence-corrected chi connectivity index (χ4v) is 8.83. The minimum absolute atomic E-state index is 0.501. The smallest absolute Gasteiger partial charge is 0.00853 e. The number of rotatable bonds is 4. The summed E-state index contributed by atoms with van der Waals surface area (Å²) in [5, 5.41) is 0. The van der Waals surface area contributed by atoms with Gasteiger partial charge in [0, 0.05) is 0 Å². The predicted molar refractivity (Wildman–Crippen MR) is 122 cm³/mol. The van der Waals surface area contributed by atoms with Gasteiger partial charge in [-0.1, -0.05) is 72.5 Å². The summed E-state index contributed by atoms with van der Waals surface area (Å²) in [6.45, 7) is 15.2. The van der Waals surface area contributed by atoms with E-state index in [0.717, 1.165) is 29.6 Å². The van der Waals surface area contributed by atoms with E-state index in [2.05, 4.69) is 47.6 Å². The third-order valence-corrected chi connectivity index (χ3v) is 10.4. The molecular formula is C28H48. The van der Waals surface area contributed by atoms with Crippen LogP contribution in [0.15, 0.2) is 11.6 Å². The molecular weight excluding hydrogens is 336 g/mol. The van der Waals surface area contributed by atoms with Gasteiger partial charge in [-0.05, 0) is 104 Å². The van der Waals surface area contributed by atoms with Crippen LogP contribution in [0.3, 0.4) is 0 Å². The Labute approximate surface area is 176 Å². The van der Waals surface area contributed by atoms with Crippen molar-refractivity contribution in [2.24, 2.45) is 45.8 Å². The van der Waals surface area contributed by atoms with Crippen LogP contribution in [0.25, 0.3) is 0 Å². The van der Waals surface area contributed by atoms with E-state index in [0.29, 0.717) is 16.2 Å². The summed E-state index contributed by atoms with van der Waals surface area (Å²) in [7, 11) is 0. The number of allylic oxidation sites excluding steroid dienone is 2. The summed E-state index contributed by atoms with van der Waals surface area (Å²) in [6.07, 6.45) is 20.4. The highest BCUT2D eigenvalue weighted by molar-refractivity contribution is 5.24. The van der Waals surface area contributed by atoms with E-state index >= 15 is 0 Å². The number of hydrogen-bond acceptors (Lipinski definition) is 0. The average molecular weight is 385 g/mol. The van der Waals surface area contributed by atoms with Crippen molar-refractivity contribution in [3.8, 4) is 0 Å². The molecule has 0 unspecified atom stereocenters. The maximum atomic E-state index is 2.74. The predicted octanol–water partition coefficient (Wildman–Crippen LogP) is 8.81. The minimum atomic E-state index is 0.501. The molecule has 0 aromatic carbocycles. The lowest BCUT2D eigenvalue weighted by molar-refractivity contribution is -0.0501. The molecule has 28 heavy (non-hydrogen) atoms. The van der Waals surface area contributed by atoms with Crippen LogP contribution in [0.1, 0.15) is 119 Å². The van der Waals surface area contributed by atoms with Crippen LogP contribution in [-0.2, 0) is 0 Å². The molecule has 0 aromatic heterocycles. The molecule has 7 atom stereocenters. The minimum Gasteiger partial charge on any atom is -0.0845 e. The van der Waals surface area contributed by atoms with Gasteiger partial charge in [0.2, 0.25) is 0 Å². The monoisotopic (exact) mass is 384 g/mol. The molecule has 0 spiro atoms. The highest BCUT2D eigenvalue weighted by atomic mass is 14.6. The van der Waals surface area contributed by atoms with Gasteiger partial charge in [0.25, 0.3) is 0 Å². The van der Waals surface area contributed by atoms with Gasteiger partial charge in [-0.3, -0.25) is 0 Å². The topological polar surface area (TPSA) is 0 Å². The van der Waals surface area contributed by atoms with Crippen LogP contribution < -0.4 is 0 Å². The Bertz CT molecular complexity index is 592. The van der Waals surface area contributed by atoms with Gasteiger partial charge < -0.3 is 0 Å². The van der Waals surface area contributed by atoms with Crippen LogP contribution in [0, 0.1) is 45.8 Å². The maximum Gasteiger partial charge on any atom is -0.00853 e. The van der Waals surface area contributed by atoms with E-state index in [1.165, 1.54) is 77.0 Å².